The number of thioether (sulfide) groups is 1. The first kappa shape index (κ1) is 14.4. The van der Waals surface area contributed by atoms with Gasteiger partial charge in [-0.15, -0.1) is 0 Å². The van der Waals surface area contributed by atoms with Crippen molar-refractivity contribution in [1.82, 2.24) is 0 Å². The molecule has 1 aliphatic carbocycles. The highest BCUT2D eigenvalue weighted by molar-refractivity contribution is 7.99. The fraction of sp³-hybridized carbons (Fsp3) is 1.00. The van der Waals surface area contributed by atoms with E-state index in [2.05, 4.69) is 18.7 Å². The van der Waals surface area contributed by atoms with Crippen molar-refractivity contribution in [3.8, 4) is 0 Å². The average Bonchev–Trinajstić information content (AvgIpc) is 2.56. The molecule has 0 saturated heterocycles. The first-order valence-electron chi connectivity index (χ1n) is 7.55. The minimum Gasteiger partial charge on any atom is -0.159 e. The quantitative estimate of drug-likeness (QED) is 0.383. The molecule has 0 aromatic rings. The lowest BCUT2D eigenvalue weighted by Crippen LogP contribution is -2.01. The third-order valence-electron chi connectivity index (χ3n) is 3.65. The van der Waals surface area contributed by atoms with Crippen LogP contribution >= 0.6 is 11.8 Å². The summed E-state index contributed by atoms with van der Waals surface area (Å²) in [4.78, 5) is 0. The van der Waals surface area contributed by atoms with Crippen LogP contribution in [0.15, 0.2) is 0 Å². The maximum atomic E-state index is 2.29. The van der Waals surface area contributed by atoms with Crippen LogP contribution in [0, 0.1) is 0 Å². The van der Waals surface area contributed by atoms with Crippen molar-refractivity contribution in [2.24, 2.45) is 0 Å². The summed E-state index contributed by atoms with van der Waals surface area (Å²) in [5, 5.41) is 1.01. The van der Waals surface area contributed by atoms with E-state index in [0.717, 1.165) is 5.25 Å². The van der Waals surface area contributed by atoms with Gasteiger partial charge < -0.3 is 0 Å². The molecule has 0 aromatic heterocycles. The second kappa shape index (κ2) is 10.5. The molecular formula is C15H30S. The summed E-state index contributed by atoms with van der Waals surface area (Å²) in [5.74, 6) is 1.43. The Hall–Kier alpha value is 0.350. The Labute approximate surface area is 107 Å². The van der Waals surface area contributed by atoms with Crippen LogP contribution in [0.25, 0.3) is 0 Å². The Kier molecular flexibility index (Phi) is 9.46. The second-order valence-electron chi connectivity index (χ2n) is 5.25. The van der Waals surface area contributed by atoms with Crippen LogP contribution in [-0.4, -0.2) is 11.0 Å². The zero-order valence-corrected chi connectivity index (χ0v) is 12.0. The molecule has 1 aliphatic rings. The fourth-order valence-corrected chi connectivity index (χ4v) is 3.91. The Morgan fingerprint density at radius 2 is 1.44 bits per heavy atom. The number of rotatable bonds is 8. The molecule has 0 radical (unpaired) electrons. The average molecular weight is 242 g/mol. The lowest BCUT2D eigenvalue weighted by Gasteiger charge is -2.12. The number of unbranched alkanes of at least 4 members (excludes halogenated alkanes) is 5. The van der Waals surface area contributed by atoms with Gasteiger partial charge in [-0.1, -0.05) is 64.7 Å². The molecule has 1 rings (SSSR count). The number of hydrogen-bond donors (Lipinski definition) is 0. The zero-order chi connectivity index (χ0) is 11.5. The zero-order valence-electron chi connectivity index (χ0n) is 11.2. The van der Waals surface area contributed by atoms with Crippen LogP contribution in [0.1, 0.15) is 84.0 Å². The molecule has 1 fully saturated rings. The molecule has 0 aliphatic heterocycles. The maximum absolute atomic E-state index is 2.29. The normalized spacial score (nSPS) is 18.6. The van der Waals surface area contributed by atoms with Crippen molar-refractivity contribution >= 4 is 11.8 Å². The van der Waals surface area contributed by atoms with E-state index in [0.29, 0.717) is 0 Å². The van der Waals surface area contributed by atoms with Gasteiger partial charge in [-0.25, -0.2) is 0 Å². The van der Waals surface area contributed by atoms with Crippen LogP contribution < -0.4 is 0 Å². The van der Waals surface area contributed by atoms with E-state index in [4.69, 9.17) is 0 Å². The third kappa shape index (κ3) is 7.60. The van der Waals surface area contributed by atoms with E-state index >= 15 is 0 Å². The third-order valence-corrected chi connectivity index (χ3v) is 5.12. The summed E-state index contributed by atoms with van der Waals surface area (Å²) in [6.45, 7) is 2.29. The molecule has 1 saturated carbocycles. The molecule has 0 aromatic carbocycles. The van der Waals surface area contributed by atoms with Crippen molar-refractivity contribution in [2.75, 3.05) is 5.75 Å². The molecule has 0 bridgehead atoms. The summed E-state index contributed by atoms with van der Waals surface area (Å²) in [7, 11) is 0. The van der Waals surface area contributed by atoms with Crippen molar-refractivity contribution in [1.29, 1.82) is 0 Å². The van der Waals surface area contributed by atoms with E-state index in [9.17, 15) is 0 Å². The van der Waals surface area contributed by atoms with E-state index in [1.165, 1.54) is 82.8 Å². The van der Waals surface area contributed by atoms with Crippen LogP contribution in [0.5, 0.6) is 0 Å². The van der Waals surface area contributed by atoms with Crippen molar-refractivity contribution in [3.63, 3.8) is 0 Å². The van der Waals surface area contributed by atoms with Crippen LogP contribution in [0.3, 0.4) is 0 Å². The molecule has 16 heavy (non-hydrogen) atoms. The Bertz CT molecular complexity index is 136. The van der Waals surface area contributed by atoms with E-state index in [-0.39, 0.29) is 0 Å². The van der Waals surface area contributed by atoms with Crippen LogP contribution in [0.4, 0.5) is 0 Å². The SMILES string of the molecule is CCCCCCCCSC1CCCCCC1. The van der Waals surface area contributed by atoms with Crippen molar-refractivity contribution < 1.29 is 0 Å². The van der Waals surface area contributed by atoms with Gasteiger partial charge in [0.25, 0.3) is 0 Å². The second-order valence-corrected chi connectivity index (χ2v) is 6.66. The van der Waals surface area contributed by atoms with E-state index in [1.807, 2.05) is 0 Å². The van der Waals surface area contributed by atoms with Gasteiger partial charge >= 0.3 is 0 Å². The minimum absolute atomic E-state index is 1.01. The van der Waals surface area contributed by atoms with Gasteiger partial charge in [0.1, 0.15) is 0 Å². The minimum atomic E-state index is 1.01. The lowest BCUT2D eigenvalue weighted by atomic mass is 10.1. The van der Waals surface area contributed by atoms with Gasteiger partial charge in [0.05, 0.1) is 0 Å². The molecule has 0 spiro atoms. The molecule has 0 unspecified atom stereocenters. The first-order chi connectivity index (χ1) is 7.93. The van der Waals surface area contributed by atoms with Gasteiger partial charge in [-0.2, -0.15) is 11.8 Å². The Balaban J connectivity index is 1.86. The van der Waals surface area contributed by atoms with Gasteiger partial charge in [-0.3, -0.25) is 0 Å². The van der Waals surface area contributed by atoms with Crippen LogP contribution in [0.2, 0.25) is 0 Å². The van der Waals surface area contributed by atoms with Gasteiger partial charge in [0, 0.05) is 5.25 Å². The number of hydrogen-bond acceptors (Lipinski definition) is 1. The Morgan fingerprint density at radius 3 is 2.12 bits per heavy atom. The molecule has 96 valence electrons. The molecular weight excluding hydrogens is 212 g/mol. The van der Waals surface area contributed by atoms with E-state index in [1.54, 1.807) is 0 Å². The predicted molar refractivity (Wildman–Crippen MR) is 77.3 cm³/mol. The Morgan fingerprint density at radius 1 is 0.812 bits per heavy atom. The first-order valence-corrected chi connectivity index (χ1v) is 8.60. The molecule has 0 nitrogen and oxygen atoms in total. The topological polar surface area (TPSA) is 0 Å². The highest BCUT2D eigenvalue weighted by atomic mass is 32.2. The van der Waals surface area contributed by atoms with Crippen molar-refractivity contribution in [2.45, 2.75) is 89.2 Å². The molecule has 1 heteroatoms. The summed E-state index contributed by atoms with van der Waals surface area (Å²) < 4.78 is 0. The predicted octanol–water partition coefficient (Wildman–Crippen LogP) is 5.80. The lowest BCUT2D eigenvalue weighted by molar-refractivity contribution is 0.626. The molecule has 0 atom stereocenters. The molecule has 0 amide bonds. The molecule has 0 N–H and O–H groups in total. The van der Waals surface area contributed by atoms with Crippen molar-refractivity contribution in [3.05, 3.63) is 0 Å². The summed E-state index contributed by atoms with van der Waals surface area (Å²) in [6.07, 6.45) is 17.7. The molecule has 0 heterocycles. The van der Waals surface area contributed by atoms with E-state index < -0.39 is 0 Å². The van der Waals surface area contributed by atoms with Gasteiger partial charge in [0.15, 0.2) is 0 Å². The monoisotopic (exact) mass is 242 g/mol. The highest BCUT2D eigenvalue weighted by Crippen LogP contribution is 2.28. The van der Waals surface area contributed by atoms with Crippen LogP contribution in [-0.2, 0) is 0 Å². The smallest absolute Gasteiger partial charge is 0.00470 e. The maximum Gasteiger partial charge on any atom is 0.00470 e. The van der Waals surface area contributed by atoms with Gasteiger partial charge in [0.2, 0.25) is 0 Å². The fourth-order valence-electron chi connectivity index (χ4n) is 2.54. The summed E-state index contributed by atoms with van der Waals surface area (Å²) in [5.41, 5.74) is 0. The highest BCUT2D eigenvalue weighted by Gasteiger charge is 2.11. The largest absolute Gasteiger partial charge is 0.159 e. The summed E-state index contributed by atoms with van der Waals surface area (Å²) in [6, 6.07) is 0. The standard InChI is InChI=1S/C15H30S/c1-2-3-4-5-8-11-14-16-15-12-9-6-7-10-13-15/h15H,2-14H2,1H3. The van der Waals surface area contributed by atoms with Gasteiger partial charge in [-0.05, 0) is 25.0 Å². The summed E-state index contributed by atoms with van der Waals surface area (Å²) >= 11 is 2.27.